The average Bonchev–Trinajstić information content (AvgIpc) is 2.23. The van der Waals surface area contributed by atoms with Gasteiger partial charge in [-0.3, -0.25) is 0 Å². The smallest absolute Gasteiger partial charge is 0.208 e. The molecule has 0 unspecified atom stereocenters. The first-order valence-corrected chi connectivity index (χ1v) is 7.74. The Morgan fingerprint density at radius 2 is 2.00 bits per heavy atom. The SMILES string of the molecule is CS(=O)(=O)NCCCNc1nc(N)c(Cl)cc1Cl. The third kappa shape index (κ3) is 5.26. The second-order valence-corrected chi connectivity index (χ2v) is 6.28. The van der Waals surface area contributed by atoms with Gasteiger partial charge in [0.2, 0.25) is 10.0 Å². The van der Waals surface area contributed by atoms with E-state index in [9.17, 15) is 8.42 Å². The van der Waals surface area contributed by atoms with Gasteiger partial charge in [0.25, 0.3) is 0 Å². The summed E-state index contributed by atoms with van der Waals surface area (Å²) < 4.78 is 24.0. The van der Waals surface area contributed by atoms with Crippen LogP contribution in [-0.2, 0) is 10.0 Å². The van der Waals surface area contributed by atoms with Crippen molar-refractivity contribution in [3.05, 3.63) is 16.1 Å². The van der Waals surface area contributed by atoms with Crippen LogP contribution in [0.15, 0.2) is 6.07 Å². The van der Waals surface area contributed by atoms with Crippen LogP contribution < -0.4 is 15.8 Å². The molecule has 0 saturated carbocycles. The highest BCUT2D eigenvalue weighted by atomic mass is 35.5. The Labute approximate surface area is 116 Å². The number of nitrogens with zero attached hydrogens (tertiary/aromatic N) is 1. The topological polar surface area (TPSA) is 97.1 Å². The summed E-state index contributed by atoms with van der Waals surface area (Å²) in [5, 5.41) is 3.61. The summed E-state index contributed by atoms with van der Waals surface area (Å²) in [6.07, 6.45) is 1.70. The van der Waals surface area contributed by atoms with Gasteiger partial charge in [0.1, 0.15) is 11.6 Å². The molecule has 18 heavy (non-hydrogen) atoms. The number of nitrogen functional groups attached to an aromatic ring is 1. The van der Waals surface area contributed by atoms with Crippen molar-refractivity contribution in [1.82, 2.24) is 9.71 Å². The Kier molecular flexibility index (Phi) is 5.46. The van der Waals surface area contributed by atoms with Gasteiger partial charge in [0.05, 0.1) is 16.3 Å². The van der Waals surface area contributed by atoms with Crippen molar-refractivity contribution in [1.29, 1.82) is 0 Å². The Morgan fingerprint density at radius 3 is 2.61 bits per heavy atom. The van der Waals surface area contributed by atoms with Crippen molar-refractivity contribution in [2.75, 3.05) is 30.4 Å². The predicted octanol–water partition coefficient (Wildman–Crippen LogP) is 1.32. The fourth-order valence-electron chi connectivity index (χ4n) is 1.16. The molecule has 102 valence electrons. The second kappa shape index (κ2) is 6.42. The molecule has 0 saturated heterocycles. The number of rotatable bonds is 6. The minimum absolute atomic E-state index is 0.192. The molecule has 0 spiro atoms. The Balaban J connectivity index is 2.43. The zero-order valence-corrected chi connectivity index (χ0v) is 12.0. The molecule has 0 bridgehead atoms. The molecule has 0 atom stereocenters. The lowest BCUT2D eigenvalue weighted by Gasteiger charge is -2.09. The molecule has 1 heterocycles. The Morgan fingerprint density at radius 1 is 1.33 bits per heavy atom. The fourth-order valence-corrected chi connectivity index (χ4v) is 2.10. The van der Waals surface area contributed by atoms with Crippen molar-refractivity contribution in [2.45, 2.75) is 6.42 Å². The lowest BCUT2D eigenvalue weighted by atomic mass is 10.4. The molecule has 0 aliphatic rings. The minimum Gasteiger partial charge on any atom is -0.382 e. The van der Waals surface area contributed by atoms with E-state index in [1.807, 2.05) is 0 Å². The molecule has 0 radical (unpaired) electrons. The zero-order valence-electron chi connectivity index (χ0n) is 9.70. The van der Waals surface area contributed by atoms with Crippen molar-refractivity contribution >= 4 is 44.9 Å². The van der Waals surface area contributed by atoms with Crippen LogP contribution in [0.1, 0.15) is 6.42 Å². The highest BCUT2D eigenvalue weighted by molar-refractivity contribution is 7.88. The summed E-state index contributed by atoms with van der Waals surface area (Å²) in [7, 11) is -3.15. The van der Waals surface area contributed by atoms with Crippen LogP contribution in [0.3, 0.4) is 0 Å². The van der Waals surface area contributed by atoms with Crippen molar-refractivity contribution in [3.8, 4) is 0 Å². The molecule has 0 aliphatic carbocycles. The highest BCUT2D eigenvalue weighted by Gasteiger charge is 2.06. The lowest BCUT2D eigenvalue weighted by molar-refractivity contribution is 0.586. The summed E-state index contributed by atoms with van der Waals surface area (Å²) >= 11 is 11.7. The molecule has 1 rings (SSSR count). The lowest BCUT2D eigenvalue weighted by Crippen LogP contribution is -2.24. The van der Waals surface area contributed by atoms with Gasteiger partial charge in [0.15, 0.2) is 0 Å². The van der Waals surface area contributed by atoms with Gasteiger partial charge in [-0.05, 0) is 12.5 Å². The minimum atomic E-state index is -3.15. The largest absolute Gasteiger partial charge is 0.382 e. The number of pyridine rings is 1. The summed E-state index contributed by atoms with van der Waals surface area (Å²) in [6.45, 7) is 0.850. The quantitative estimate of drug-likeness (QED) is 0.688. The molecular weight excluding hydrogens is 299 g/mol. The molecule has 0 fully saturated rings. The number of nitrogens with two attached hydrogens (primary N) is 1. The maximum atomic E-state index is 10.8. The number of aromatic nitrogens is 1. The van der Waals surface area contributed by atoms with E-state index in [-0.39, 0.29) is 5.82 Å². The summed E-state index contributed by atoms with van der Waals surface area (Å²) in [5.41, 5.74) is 5.54. The van der Waals surface area contributed by atoms with Gasteiger partial charge in [-0.2, -0.15) is 0 Å². The van der Waals surface area contributed by atoms with Crippen molar-refractivity contribution < 1.29 is 8.42 Å². The Bertz CT molecular complexity index is 522. The normalized spacial score (nSPS) is 11.5. The van der Waals surface area contributed by atoms with Crippen LogP contribution in [0.5, 0.6) is 0 Å². The van der Waals surface area contributed by atoms with E-state index in [4.69, 9.17) is 28.9 Å². The van der Waals surface area contributed by atoms with Crippen LogP contribution in [0, 0.1) is 0 Å². The maximum absolute atomic E-state index is 10.8. The zero-order chi connectivity index (χ0) is 13.8. The van der Waals surface area contributed by atoms with Crippen LogP contribution >= 0.6 is 23.2 Å². The van der Waals surface area contributed by atoms with Crippen LogP contribution in [0.25, 0.3) is 0 Å². The van der Waals surface area contributed by atoms with Gasteiger partial charge >= 0.3 is 0 Å². The maximum Gasteiger partial charge on any atom is 0.208 e. The number of hydrogen-bond acceptors (Lipinski definition) is 5. The van der Waals surface area contributed by atoms with E-state index in [0.29, 0.717) is 35.4 Å². The fraction of sp³-hybridized carbons (Fsp3) is 0.444. The van der Waals surface area contributed by atoms with Gasteiger partial charge in [-0.1, -0.05) is 23.2 Å². The average molecular weight is 313 g/mol. The van der Waals surface area contributed by atoms with Crippen LogP contribution in [0.4, 0.5) is 11.6 Å². The van der Waals surface area contributed by atoms with E-state index in [2.05, 4.69) is 15.0 Å². The molecule has 0 aromatic carbocycles. The molecule has 9 heteroatoms. The predicted molar refractivity (Wildman–Crippen MR) is 74.6 cm³/mol. The molecule has 1 aromatic rings. The standard InChI is InChI=1S/C9H14Cl2N4O2S/c1-18(16,17)14-4-2-3-13-9-7(11)5-6(10)8(12)15-9/h5,14H,2-4H2,1H3,(H3,12,13,15). The molecule has 0 amide bonds. The molecular formula is C9H14Cl2N4O2S. The van der Waals surface area contributed by atoms with E-state index in [1.54, 1.807) is 0 Å². The van der Waals surface area contributed by atoms with Crippen molar-refractivity contribution in [3.63, 3.8) is 0 Å². The number of nitrogens with one attached hydrogen (secondary N) is 2. The first-order chi connectivity index (χ1) is 8.29. The highest BCUT2D eigenvalue weighted by Crippen LogP contribution is 2.27. The third-order valence-corrected chi connectivity index (χ3v) is 3.29. The summed E-state index contributed by atoms with van der Waals surface area (Å²) in [4.78, 5) is 3.98. The van der Waals surface area contributed by atoms with Crippen LogP contribution in [0.2, 0.25) is 10.0 Å². The van der Waals surface area contributed by atoms with E-state index in [0.717, 1.165) is 6.26 Å². The van der Waals surface area contributed by atoms with E-state index >= 15 is 0 Å². The third-order valence-electron chi connectivity index (χ3n) is 1.97. The molecule has 4 N–H and O–H groups in total. The van der Waals surface area contributed by atoms with E-state index in [1.165, 1.54) is 6.07 Å². The number of halogens is 2. The van der Waals surface area contributed by atoms with Gasteiger partial charge in [0, 0.05) is 13.1 Å². The molecule has 1 aromatic heterocycles. The second-order valence-electron chi connectivity index (χ2n) is 3.63. The molecule has 6 nitrogen and oxygen atoms in total. The summed E-state index contributed by atoms with van der Waals surface area (Å²) in [5.74, 6) is 0.621. The molecule has 0 aliphatic heterocycles. The van der Waals surface area contributed by atoms with Crippen molar-refractivity contribution in [2.24, 2.45) is 0 Å². The summed E-state index contributed by atoms with van der Waals surface area (Å²) in [6, 6.07) is 1.50. The Hall–Kier alpha value is -0.760. The van der Waals surface area contributed by atoms with Gasteiger partial charge in [-0.25, -0.2) is 18.1 Å². The van der Waals surface area contributed by atoms with Gasteiger partial charge < -0.3 is 11.1 Å². The van der Waals surface area contributed by atoms with Crippen LogP contribution in [-0.4, -0.2) is 32.7 Å². The number of sulfonamides is 1. The number of hydrogen-bond donors (Lipinski definition) is 3. The first-order valence-electron chi connectivity index (χ1n) is 5.09. The van der Waals surface area contributed by atoms with E-state index < -0.39 is 10.0 Å². The first kappa shape index (κ1) is 15.3. The monoisotopic (exact) mass is 312 g/mol. The van der Waals surface area contributed by atoms with Gasteiger partial charge in [-0.15, -0.1) is 0 Å². The number of anilines is 2.